The Bertz CT molecular complexity index is 949. The van der Waals surface area contributed by atoms with E-state index in [0.717, 1.165) is 28.4 Å². The number of amides is 2. The van der Waals surface area contributed by atoms with Crippen LogP contribution in [0.25, 0.3) is 0 Å². The van der Waals surface area contributed by atoms with Crippen LogP contribution in [-0.4, -0.2) is 85.3 Å². The molecule has 0 aromatic heterocycles. The Hall–Kier alpha value is -3.05. The largest absolute Gasteiger partial charge is 0.540 e. The van der Waals surface area contributed by atoms with Crippen LogP contribution in [0, 0.1) is 0 Å². The average molecular weight is 887 g/mol. The van der Waals surface area contributed by atoms with Crippen molar-refractivity contribution >= 4 is 24.4 Å². The molecule has 290 valence electrons. The zero-order chi connectivity index (χ0) is 40.2. The van der Waals surface area contributed by atoms with Crippen molar-refractivity contribution in [2.24, 2.45) is 0 Å². The van der Waals surface area contributed by atoms with Gasteiger partial charge in [-0.1, -0.05) is 185 Å². The van der Waals surface area contributed by atoms with Gasteiger partial charge in [0.15, 0.2) is 0 Å². The van der Waals surface area contributed by atoms with E-state index in [2.05, 4.69) is 10.6 Å². The molecule has 0 aliphatic heterocycles. The van der Waals surface area contributed by atoms with Gasteiger partial charge in [0.05, 0.1) is 0 Å². The fraction of sp³-hybridized carbons (Fsp3) is 0.268. The van der Waals surface area contributed by atoms with Crippen LogP contribution in [0.15, 0.2) is 158 Å². The SMILES string of the molecule is CC=CC(=O)NC(C)[C-]=O.CCC(=O)NC(C)[C-]=O.CO.CO.CO.CO.[Y].[Y].c1ccccc1.c1ccccc1.c1ccccc1.c1ccccc1. The Morgan fingerprint density at radius 1 is 0.491 bits per heavy atom. The van der Waals surface area contributed by atoms with Gasteiger partial charge < -0.3 is 40.6 Å². The summed E-state index contributed by atoms with van der Waals surface area (Å²) in [6, 6.07) is 47.0. The van der Waals surface area contributed by atoms with E-state index >= 15 is 0 Å². The van der Waals surface area contributed by atoms with Gasteiger partial charge in [-0.25, -0.2) is 12.6 Å². The minimum Gasteiger partial charge on any atom is -0.540 e. The summed E-state index contributed by atoms with van der Waals surface area (Å²) in [7, 11) is 4.00. The van der Waals surface area contributed by atoms with Gasteiger partial charge in [0.25, 0.3) is 0 Å². The fourth-order valence-corrected chi connectivity index (χ4v) is 2.35. The van der Waals surface area contributed by atoms with Gasteiger partial charge in [0.1, 0.15) is 0 Å². The molecule has 10 nitrogen and oxygen atoms in total. The number of carbonyl (C=O) groups excluding carboxylic acids is 4. The molecule has 2 unspecified atom stereocenters. The Kier molecular flexibility index (Phi) is 90.5. The predicted octanol–water partition coefficient (Wildman–Crippen LogP) is 5.36. The first-order valence-corrected chi connectivity index (χ1v) is 15.7. The van der Waals surface area contributed by atoms with E-state index in [1.54, 1.807) is 46.3 Å². The molecule has 53 heavy (non-hydrogen) atoms. The summed E-state index contributed by atoms with van der Waals surface area (Å²) in [4.78, 5) is 40.8. The van der Waals surface area contributed by atoms with Crippen LogP contribution in [0.2, 0.25) is 0 Å². The van der Waals surface area contributed by atoms with Gasteiger partial charge in [-0.15, -0.1) is 0 Å². The molecule has 2 atom stereocenters. The number of benzene rings is 4. The molecular formula is C41H60N2O8Y2-2. The Labute approximate surface area is 369 Å². The first-order chi connectivity index (χ1) is 24.9. The number of aliphatic hydroxyl groups excluding tert-OH is 4. The first-order valence-electron chi connectivity index (χ1n) is 15.7. The molecule has 12 heteroatoms. The molecule has 0 bridgehead atoms. The van der Waals surface area contributed by atoms with Crippen LogP contribution in [0.3, 0.4) is 0 Å². The summed E-state index contributed by atoms with van der Waals surface area (Å²) < 4.78 is 0. The van der Waals surface area contributed by atoms with Crippen LogP contribution in [0.1, 0.15) is 34.1 Å². The third-order valence-corrected chi connectivity index (χ3v) is 4.40. The van der Waals surface area contributed by atoms with Crippen molar-refractivity contribution in [2.45, 2.75) is 46.2 Å². The topological polar surface area (TPSA) is 173 Å². The van der Waals surface area contributed by atoms with Crippen LogP contribution >= 0.6 is 0 Å². The Balaban J connectivity index is -0.0000000735. The molecule has 4 rings (SSSR count). The normalized spacial score (nSPS) is 8.60. The molecule has 4 aromatic rings. The van der Waals surface area contributed by atoms with Crippen molar-refractivity contribution in [3.05, 3.63) is 158 Å². The van der Waals surface area contributed by atoms with Crippen molar-refractivity contribution in [1.29, 1.82) is 0 Å². The molecule has 2 amide bonds. The van der Waals surface area contributed by atoms with Crippen molar-refractivity contribution in [1.82, 2.24) is 10.6 Å². The standard InChI is InChI=1S/C7H10NO2.C6H10NO2.4C6H6.4CH4O.2Y/c1-3-4-7(10)8-6(2)5-9;1-3-6(9)7-5(2)4-8;4*1-2-4-6-5-3-1;4*1-2;;/h3-4,6H,1-2H3,(H,8,10);5H,3H2,1-2H3,(H,7,9);4*1-6H;4*2H,1H3;;/q2*-1;;;;;;;;;;. The first kappa shape index (κ1) is 68.0. The third-order valence-electron chi connectivity index (χ3n) is 4.40. The monoisotopic (exact) mass is 886 g/mol. The van der Waals surface area contributed by atoms with Crippen molar-refractivity contribution < 1.29 is 105 Å². The number of rotatable bonds is 6. The molecule has 2 radical (unpaired) electrons. The molecule has 0 fully saturated rings. The van der Waals surface area contributed by atoms with Crippen LogP contribution in [-0.2, 0) is 84.6 Å². The maximum Gasteiger partial charge on any atom is 0.241 e. The Morgan fingerprint density at radius 2 is 0.679 bits per heavy atom. The Morgan fingerprint density at radius 3 is 0.830 bits per heavy atom. The van der Waals surface area contributed by atoms with E-state index in [-0.39, 0.29) is 77.2 Å². The predicted molar refractivity (Wildman–Crippen MR) is 210 cm³/mol. The summed E-state index contributed by atoms with van der Waals surface area (Å²) in [5.41, 5.74) is 0. The molecule has 0 aliphatic rings. The number of hydrogen-bond acceptors (Lipinski definition) is 8. The van der Waals surface area contributed by atoms with Gasteiger partial charge >= 0.3 is 0 Å². The van der Waals surface area contributed by atoms with Gasteiger partial charge in [0, 0.05) is 100 Å². The zero-order valence-corrected chi connectivity index (χ0v) is 38.1. The van der Waals surface area contributed by atoms with E-state index < -0.39 is 12.1 Å². The summed E-state index contributed by atoms with van der Waals surface area (Å²) in [5.74, 6) is -0.385. The summed E-state index contributed by atoms with van der Waals surface area (Å²) in [6.45, 7) is 6.61. The van der Waals surface area contributed by atoms with E-state index in [1.165, 1.54) is 6.08 Å². The van der Waals surface area contributed by atoms with Crippen molar-refractivity contribution in [2.75, 3.05) is 28.4 Å². The molecule has 0 saturated heterocycles. The minimum absolute atomic E-state index is 0. The maximum absolute atomic E-state index is 10.6. The number of nitrogens with one attached hydrogen (secondary N) is 2. The van der Waals surface area contributed by atoms with Gasteiger partial charge in [-0.05, 0) is 13.0 Å². The summed E-state index contributed by atoms with van der Waals surface area (Å²) in [6.07, 6.45) is 6.65. The second kappa shape index (κ2) is 70.5. The second-order valence-corrected chi connectivity index (χ2v) is 8.23. The molecule has 0 spiro atoms. The van der Waals surface area contributed by atoms with E-state index in [1.807, 2.05) is 146 Å². The van der Waals surface area contributed by atoms with Crippen LogP contribution < -0.4 is 10.6 Å². The van der Waals surface area contributed by atoms with Gasteiger partial charge in [-0.2, -0.15) is 0 Å². The van der Waals surface area contributed by atoms with Crippen LogP contribution in [0.4, 0.5) is 0 Å². The van der Waals surface area contributed by atoms with Crippen molar-refractivity contribution in [3.63, 3.8) is 0 Å². The smallest absolute Gasteiger partial charge is 0.241 e. The zero-order valence-electron chi connectivity index (χ0n) is 32.4. The quantitative estimate of drug-likeness (QED) is 0.111. The van der Waals surface area contributed by atoms with Gasteiger partial charge in [-0.3, -0.25) is 9.59 Å². The third kappa shape index (κ3) is 74.9. The number of carbonyl (C=O) groups is 2. The molecule has 4 aromatic carbocycles. The van der Waals surface area contributed by atoms with E-state index in [9.17, 15) is 19.2 Å². The van der Waals surface area contributed by atoms with Gasteiger partial charge in [0.2, 0.25) is 11.8 Å². The number of aliphatic hydroxyl groups is 4. The van der Waals surface area contributed by atoms with Crippen molar-refractivity contribution in [3.8, 4) is 0 Å². The molecule has 0 saturated carbocycles. The molecule has 0 aliphatic carbocycles. The number of allylic oxidation sites excluding steroid dienone is 1. The molecule has 6 N–H and O–H groups in total. The summed E-state index contributed by atoms with van der Waals surface area (Å²) >= 11 is 0. The minimum atomic E-state index is -0.524. The van der Waals surface area contributed by atoms with Crippen LogP contribution in [0.5, 0.6) is 0 Å². The average Bonchev–Trinajstić information content (AvgIpc) is 3.24. The van der Waals surface area contributed by atoms with E-state index in [0.29, 0.717) is 6.42 Å². The fourth-order valence-electron chi connectivity index (χ4n) is 2.35. The molecular weight excluding hydrogens is 826 g/mol. The molecule has 0 heterocycles. The summed E-state index contributed by atoms with van der Waals surface area (Å²) in [5, 5.41) is 32.8. The van der Waals surface area contributed by atoms with E-state index in [4.69, 9.17) is 20.4 Å². The maximum atomic E-state index is 10.6. The number of hydrogen-bond donors (Lipinski definition) is 6. The second-order valence-electron chi connectivity index (χ2n) is 8.23.